The number of alkyl halides is 3. The van der Waals surface area contributed by atoms with Crippen LogP contribution in [0.4, 0.5) is 24.5 Å². The first-order chi connectivity index (χ1) is 8.44. The maximum atomic E-state index is 13.1. The Bertz CT molecular complexity index is 478. The van der Waals surface area contributed by atoms with E-state index < -0.39 is 11.7 Å². The average molecular weight is 256 g/mol. The summed E-state index contributed by atoms with van der Waals surface area (Å²) in [7, 11) is 1.79. The van der Waals surface area contributed by atoms with E-state index in [2.05, 4.69) is 5.32 Å². The number of hydrogen-bond donors (Lipinski definition) is 1. The van der Waals surface area contributed by atoms with Gasteiger partial charge >= 0.3 is 6.18 Å². The van der Waals surface area contributed by atoms with Gasteiger partial charge in [-0.25, -0.2) is 0 Å². The molecule has 0 amide bonds. The number of likely N-dealkylation sites (N-methyl/N-ethyl adjacent to an activating group) is 1. The number of benzene rings is 1. The van der Waals surface area contributed by atoms with Gasteiger partial charge in [-0.1, -0.05) is 6.07 Å². The molecule has 2 aliphatic rings. The van der Waals surface area contributed by atoms with Gasteiger partial charge in [0.05, 0.1) is 22.5 Å². The lowest BCUT2D eigenvalue weighted by atomic mass is 9.73. The summed E-state index contributed by atoms with van der Waals surface area (Å²) in [5, 5.41) is 3.16. The Balaban J connectivity index is 2.12. The molecule has 0 saturated heterocycles. The highest BCUT2D eigenvalue weighted by molar-refractivity contribution is 5.77. The van der Waals surface area contributed by atoms with Crippen molar-refractivity contribution in [3.63, 3.8) is 0 Å². The van der Waals surface area contributed by atoms with Crippen LogP contribution in [0.1, 0.15) is 24.8 Å². The molecular weight excluding hydrogens is 241 g/mol. The van der Waals surface area contributed by atoms with Crippen LogP contribution in [0.3, 0.4) is 0 Å². The maximum absolute atomic E-state index is 13.1. The first-order valence-corrected chi connectivity index (χ1v) is 6.12. The highest BCUT2D eigenvalue weighted by Gasteiger charge is 2.47. The van der Waals surface area contributed by atoms with E-state index in [1.165, 1.54) is 6.07 Å². The second-order valence-corrected chi connectivity index (χ2v) is 5.19. The zero-order valence-electron chi connectivity index (χ0n) is 10.1. The molecule has 18 heavy (non-hydrogen) atoms. The zero-order valence-corrected chi connectivity index (χ0v) is 10.1. The van der Waals surface area contributed by atoms with E-state index >= 15 is 0 Å². The van der Waals surface area contributed by atoms with Crippen molar-refractivity contribution in [3.8, 4) is 0 Å². The Labute approximate surface area is 104 Å². The van der Waals surface area contributed by atoms with Crippen LogP contribution in [0.2, 0.25) is 0 Å². The van der Waals surface area contributed by atoms with E-state index in [0.717, 1.165) is 31.9 Å². The van der Waals surface area contributed by atoms with Crippen LogP contribution in [0.5, 0.6) is 0 Å². The quantitative estimate of drug-likeness (QED) is 0.764. The molecule has 0 atom stereocenters. The zero-order chi connectivity index (χ0) is 13.0. The minimum absolute atomic E-state index is 0.117. The summed E-state index contributed by atoms with van der Waals surface area (Å²) in [6, 6.07) is 4.34. The number of anilines is 2. The molecule has 98 valence electrons. The molecular formula is C13H15F3N2. The van der Waals surface area contributed by atoms with E-state index in [9.17, 15) is 13.2 Å². The van der Waals surface area contributed by atoms with Crippen molar-refractivity contribution in [2.24, 2.45) is 0 Å². The van der Waals surface area contributed by atoms with Crippen LogP contribution in [0.25, 0.3) is 0 Å². The molecule has 1 aromatic carbocycles. The molecule has 1 N–H and O–H groups in total. The summed E-state index contributed by atoms with van der Waals surface area (Å²) in [6.07, 6.45) is -1.29. The second kappa shape index (κ2) is 3.56. The highest BCUT2D eigenvalue weighted by atomic mass is 19.4. The molecule has 0 aromatic heterocycles. The van der Waals surface area contributed by atoms with Crippen molar-refractivity contribution in [2.45, 2.75) is 31.0 Å². The smallest absolute Gasteiger partial charge is 0.381 e. The molecule has 1 aliphatic carbocycles. The van der Waals surface area contributed by atoms with Crippen LogP contribution < -0.4 is 10.2 Å². The number of nitrogens with zero attached hydrogens (tertiary/aromatic N) is 1. The second-order valence-electron chi connectivity index (χ2n) is 5.19. The van der Waals surface area contributed by atoms with Crippen molar-refractivity contribution < 1.29 is 13.2 Å². The van der Waals surface area contributed by atoms with Gasteiger partial charge in [-0.3, -0.25) is 0 Å². The third-order valence-corrected chi connectivity index (χ3v) is 4.28. The Morgan fingerprint density at radius 2 is 2.00 bits per heavy atom. The van der Waals surface area contributed by atoms with Gasteiger partial charge in [0, 0.05) is 13.6 Å². The van der Waals surface area contributed by atoms with E-state index in [1.54, 1.807) is 13.1 Å². The maximum Gasteiger partial charge on any atom is 0.418 e. The lowest BCUT2D eigenvalue weighted by molar-refractivity contribution is -0.137. The minimum Gasteiger partial charge on any atom is -0.381 e. The van der Waals surface area contributed by atoms with Gasteiger partial charge in [-0.2, -0.15) is 13.2 Å². The summed E-state index contributed by atoms with van der Waals surface area (Å²) in [4.78, 5) is 1.84. The topological polar surface area (TPSA) is 15.3 Å². The number of rotatable bonds is 0. The molecule has 1 spiro atoms. The lowest BCUT2D eigenvalue weighted by Crippen LogP contribution is -2.59. The normalized spacial score (nSPS) is 21.2. The van der Waals surface area contributed by atoms with Crippen molar-refractivity contribution in [3.05, 3.63) is 23.8 Å². The van der Waals surface area contributed by atoms with Crippen LogP contribution in [0, 0.1) is 0 Å². The van der Waals surface area contributed by atoms with E-state index in [0.29, 0.717) is 11.4 Å². The summed E-state index contributed by atoms with van der Waals surface area (Å²) in [6.45, 7) is 0.734. The molecule has 0 bridgehead atoms. The molecule has 0 radical (unpaired) electrons. The SMILES string of the molecule is CN1c2c(cccc2C(F)(F)F)NCC12CCC2. The van der Waals surface area contributed by atoms with Crippen molar-refractivity contribution in [1.29, 1.82) is 0 Å². The predicted molar refractivity (Wildman–Crippen MR) is 64.9 cm³/mol. The minimum atomic E-state index is -4.30. The number of fused-ring (bicyclic) bond motifs is 1. The Morgan fingerprint density at radius 3 is 2.56 bits per heavy atom. The number of halogens is 3. The van der Waals surface area contributed by atoms with Gasteiger partial charge in [0.1, 0.15) is 0 Å². The molecule has 1 aromatic rings. The number of hydrogen-bond acceptors (Lipinski definition) is 2. The summed E-state index contributed by atoms with van der Waals surface area (Å²) < 4.78 is 39.2. The summed E-state index contributed by atoms with van der Waals surface area (Å²) in [5.74, 6) is 0. The Kier molecular flexibility index (Phi) is 2.31. The first kappa shape index (κ1) is 11.7. The molecule has 1 aliphatic heterocycles. The average Bonchev–Trinajstić information content (AvgIpc) is 2.25. The van der Waals surface area contributed by atoms with Gasteiger partial charge in [-0.05, 0) is 31.4 Å². The van der Waals surface area contributed by atoms with Crippen molar-refractivity contribution in [1.82, 2.24) is 0 Å². The molecule has 1 saturated carbocycles. The summed E-state index contributed by atoms with van der Waals surface area (Å²) >= 11 is 0. The number of nitrogens with one attached hydrogen (secondary N) is 1. The fourth-order valence-corrected chi connectivity index (χ4v) is 2.99. The standard InChI is InChI=1S/C13H15F3N2/c1-18-11-9(13(14,15)16)4-2-5-10(11)17-8-12(18)6-3-7-12/h2,4-5,17H,3,6-8H2,1H3. The van der Waals surface area contributed by atoms with Gasteiger partial charge in [0.25, 0.3) is 0 Å². The third-order valence-electron chi connectivity index (χ3n) is 4.28. The van der Waals surface area contributed by atoms with E-state index in [4.69, 9.17) is 0 Å². The fourth-order valence-electron chi connectivity index (χ4n) is 2.99. The molecule has 1 heterocycles. The van der Waals surface area contributed by atoms with Crippen LogP contribution in [-0.2, 0) is 6.18 Å². The van der Waals surface area contributed by atoms with Gasteiger partial charge < -0.3 is 10.2 Å². The van der Waals surface area contributed by atoms with E-state index in [-0.39, 0.29) is 5.54 Å². The summed E-state index contributed by atoms with van der Waals surface area (Å²) in [5.41, 5.74) is 0.232. The van der Waals surface area contributed by atoms with Crippen LogP contribution in [0.15, 0.2) is 18.2 Å². The van der Waals surface area contributed by atoms with Gasteiger partial charge in [-0.15, -0.1) is 0 Å². The lowest BCUT2D eigenvalue weighted by Gasteiger charge is -2.53. The molecule has 5 heteroatoms. The number of para-hydroxylation sites is 1. The third kappa shape index (κ3) is 1.49. The van der Waals surface area contributed by atoms with Gasteiger partial charge in [0.15, 0.2) is 0 Å². The largest absolute Gasteiger partial charge is 0.418 e. The van der Waals surface area contributed by atoms with Gasteiger partial charge in [0.2, 0.25) is 0 Å². The molecule has 1 fully saturated rings. The van der Waals surface area contributed by atoms with Crippen LogP contribution >= 0.6 is 0 Å². The Morgan fingerprint density at radius 1 is 1.28 bits per heavy atom. The molecule has 0 unspecified atom stereocenters. The highest BCUT2D eigenvalue weighted by Crippen LogP contribution is 2.49. The van der Waals surface area contributed by atoms with Crippen LogP contribution in [-0.4, -0.2) is 19.1 Å². The Hall–Kier alpha value is -1.39. The monoisotopic (exact) mass is 256 g/mol. The molecule has 3 rings (SSSR count). The first-order valence-electron chi connectivity index (χ1n) is 6.12. The van der Waals surface area contributed by atoms with Crippen molar-refractivity contribution in [2.75, 3.05) is 23.8 Å². The molecule has 2 nitrogen and oxygen atoms in total. The fraction of sp³-hybridized carbons (Fsp3) is 0.538. The van der Waals surface area contributed by atoms with E-state index in [1.807, 2.05) is 4.90 Å². The van der Waals surface area contributed by atoms with Crippen molar-refractivity contribution >= 4 is 11.4 Å². The predicted octanol–water partition coefficient (Wildman–Crippen LogP) is 3.49.